The van der Waals surface area contributed by atoms with Crippen LogP contribution in [0.5, 0.6) is 5.75 Å². The predicted octanol–water partition coefficient (Wildman–Crippen LogP) is 3.66. The molecule has 0 aliphatic carbocycles. The zero-order chi connectivity index (χ0) is 27.7. The van der Waals surface area contributed by atoms with Gasteiger partial charge in [0.05, 0.1) is 31.8 Å². The SMILES string of the molecule is CCC[C@@H](NCN1CC(=NOCC)NC[C@@H](Cc2cc(Cl)ccc2OC)C1=O)c1ccc(C(=O)O)c(N)c1. The van der Waals surface area contributed by atoms with Gasteiger partial charge in [0.1, 0.15) is 12.4 Å². The number of nitrogens with two attached hydrogens (primary N) is 1. The summed E-state index contributed by atoms with van der Waals surface area (Å²) < 4.78 is 5.49. The number of nitrogens with zero attached hydrogens (tertiary/aromatic N) is 2. The lowest BCUT2D eigenvalue weighted by Crippen LogP contribution is -2.44. The number of amidine groups is 1. The van der Waals surface area contributed by atoms with Crippen LogP contribution >= 0.6 is 11.6 Å². The van der Waals surface area contributed by atoms with Gasteiger partial charge in [-0.1, -0.05) is 36.2 Å². The van der Waals surface area contributed by atoms with Crippen molar-refractivity contribution in [2.24, 2.45) is 11.1 Å². The standard InChI is InChI=1S/C27H36ClN5O5/c1-4-6-23(17-7-9-21(27(35)36)22(29)13-17)31-16-33-15-25(32-38-5-2)30-14-19(26(33)34)11-18-12-20(28)8-10-24(18)37-3/h7-10,12-13,19,23,31H,4-6,11,14-16,29H2,1-3H3,(H,30,32)(H,35,36)/t19-,23-/m1/s1. The Kier molecular flexibility index (Phi) is 10.6. The molecule has 0 spiro atoms. The number of carboxylic acids is 1. The van der Waals surface area contributed by atoms with E-state index in [2.05, 4.69) is 22.7 Å². The molecule has 0 unspecified atom stereocenters. The van der Waals surface area contributed by atoms with Crippen LogP contribution in [-0.4, -0.2) is 61.2 Å². The highest BCUT2D eigenvalue weighted by Crippen LogP contribution is 2.27. The number of carboxylic acid groups (broad SMARTS) is 1. The molecule has 3 rings (SSSR count). The number of carbonyl (C=O) groups excluding carboxylic acids is 1. The summed E-state index contributed by atoms with van der Waals surface area (Å²) >= 11 is 6.23. The number of halogens is 1. The maximum absolute atomic E-state index is 13.7. The van der Waals surface area contributed by atoms with Crippen molar-refractivity contribution in [1.29, 1.82) is 0 Å². The number of rotatable bonds is 12. The molecule has 1 aliphatic heterocycles. The highest BCUT2D eigenvalue weighted by Gasteiger charge is 2.31. The van der Waals surface area contributed by atoms with Crippen LogP contribution < -0.4 is 21.1 Å². The second-order valence-corrected chi connectivity index (χ2v) is 9.52. The molecule has 1 heterocycles. The summed E-state index contributed by atoms with van der Waals surface area (Å²) in [5, 5.41) is 20.8. The van der Waals surface area contributed by atoms with Gasteiger partial charge < -0.3 is 30.6 Å². The van der Waals surface area contributed by atoms with Crippen molar-refractivity contribution in [3.8, 4) is 5.75 Å². The molecule has 0 saturated carbocycles. The fourth-order valence-corrected chi connectivity index (χ4v) is 4.65. The van der Waals surface area contributed by atoms with Gasteiger partial charge in [0.15, 0.2) is 5.84 Å². The van der Waals surface area contributed by atoms with Gasteiger partial charge in [-0.2, -0.15) is 0 Å². The van der Waals surface area contributed by atoms with Gasteiger partial charge >= 0.3 is 5.97 Å². The highest BCUT2D eigenvalue weighted by atomic mass is 35.5. The number of aromatic carboxylic acids is 1. The van der Waals surface area contributed by atoms with Crippen LogP contribution in [0.2, 0.25) is 5.02 Å². The van der Waals surface area contributed by atoms with Gasteiger partial charge in [-0.15, -0.1) is 0 Å². The van der Waals surface area contributed by atoms with E-state index in [1.165, 1.54) is 6.07 Å². The first-order chi connectivity index (χ1) is 18.3. The number of oxime groups is 1. The Hall–Kier alpha value is -3.50. The van der Waals surface area contributed by atoms with E-state index in [0.717, 1.165) is 24.0 Å². The number of nitrogens with one attached hydrogen (secondary N) is 2. The molecule has 0 aromatic heterocycles. The second-order valence-electron chi connectivity index (χ2n) is 9.09. The molecule has 5 N–H and O–H groups in total. The Morgan fingerprint density at radius 3 is 2.76 bits per heavy atom. The molecule has 1 amide bonds. The monoisotopic (exact) mass is 545 g/mol. The quantitative estimate of drug-likeness (QED) is 0.234. The number of carbonyl (C=O) groups is 2. The highest BCUT2D eigenvalue weighted by molar-refractivity contribution is 6.30. The lowest BCUT2D eigenvalue weighted by molar-refractivity contribution is -0.134. The zero-order valence-electron chi connectivity index (χ0n) is 22.0. The van der Waals surface area contributed by atoms with Gasteiger partial charge in [-0.25, -0.2) is 4.79 Å². The first-order valence-corrected chi connectivity index (χ1v) is 13.0. The van der Waals surface area contributed by atoms with Crippen LogP contribution in [-0.2, 0) is 16.1 Å². The molecule has 206 valence electrons. The summed E-state index contributed by atoms with van der Waals surface area (Å²) in [5.74, 6) is -0.284. The molecule has 2 aromatic carbocycles. The van der Waals surface area contributed by atoms with E-state index >= 15 is 0 Å². The molecule has 0 radical (unpaired) electrons. The summed E-state index contributed by atoms with van der Waals surface area (Å²) in [4.78, 5) is 32.1. The van der Waals surface area contributed by atoms with E-state index in [-0.39, 0.29) is 36.4 Å². The summed E-state index contributed by atoms with van der Waals surface area (Å²) in [6.45, 7) is 5.19. The average Bonchev–Trinajstić information content (AvgIpc) is 3.03. The summed E-state index contributed by atoms with van der Waals surface area (Å²) in [7, 11) is 1.59. The Labute approximate surface area is 228 Å². The van der Waals surface area contributed by atoms with Crippen molar-refractivity contribution in [3.63, 3.8) is 0 Å². The topological polar surface area (TPSA) is 139 Å². The van der Waals surface area contributed by atoms with E-state index in [4.69, 9.17) is 26.9 Å². The number of hydrogen-bond acceptors (Lipinski definition) is 7. The summed E-state index contributed by atoms with van der Waals surface area (Å²) in [6, 6.07) is 10.2. The van der Waals surface area contributed by atoms with Crippen molar-refractivity contribution < 1.29 is 24.3 Å². The Morgan fingerprint density at radius 1 is 1.32 bits per heavy atom. The zero-order valence-corrected chi connectivity index (χ0v) is 22.8. The number of nitrogen functional groups attached to an aromatic ring is 1. The number of methoxy groups -OCH3 is 1. The minimum absolute atomic E-state index is 0.0512. The maximum Gasteiger partial charge on any atom is 0.337 e. The van der Waals surface area contributed by atoms with Crippen molar-refractivity contribution >= 4 is 35.0 Å². The molecule has 0 bridgehead atoms. The van der Waals surface area contributed by atoms with Crippen LogP contribution in [0.25, 0.3) is 0 Å². The molecule has 2 atom stereocenters. The lowest BCUT2D eigenvalue weighted by atomic mass is 9.97. The molecular formula is C27H36ClN5O5. The van der Waals surface area contributed by atoms with Gasteiger partial charge in [-0.3, -0.25) is 10.1 Å². The third-order valence-electron chi connectivity index (χ3n) is 6.38. The number of anilines is 1. The molecule has 1 aliphatic rings. The molecule has 1 fully saturated rings. The number of hydrogen-bond donors (Lipinski definition) is 4. The molecule has 38 heavy (non-hydrogen) atoms. The number of benzene rings is 2. The van der Waals surface area contributed by atoms with Crippen molar-refractivity contribution in [3.05, 3.63) is 58.1 Å². The number of amides is 1. The Balaban J connectivity index is 1.83. The second kappa shape index (κ2) is 13.9. The van der Waals surface area contributed by atoms with Gasteiger partial charge in [0.2, 0.25) is 5.91 Å². The molecule has 1 saturated heterocycles. The van der Waals surface area contributed by atoms with E-state index in [9.17, 15) is 14.7 Å². The first kappa shape index (κ1) is 29.1. The van der Waals surface area contributed by atoms with Crippen molar-refractivity contribution in [2.45, 2.75) is 39.2 Å². The summed E-state index contributed by atoms with van der Waals surface area (Å²) in [5.41, 5.74) is 7.97. The number of ether oxygens (including phenoxy) is 1. The van der Waals surface area contributed by atoms with E-state index < -0.39 is 11.9 Å². The normalized spacial score (nSPS) is 17.6. The minimum Gasteiger partial charge on any atom is -0.496 e. The predicted molar refractivity (Wildman–Crippen MR) is 147 cm³/mol. The third-order valence-corrected chi connectivity index (χ3v) is 6.62. The molecule has 2 aromatic rings. The summed E-state index contributed by atoms with van der Waals surface area (Å²) in [6.07, 6.45) is 2.08. The third kappa shape index (κ3) is 7.52. The molecular weight excluding hydrogens is 510 g/mol. The first-order valence-electron chi connectivity index (χ1n) is 12.7. The van der Waals surface area contributed by atoms with Crippen molar-refractivity contribution in [1.82, 2.24) is 15.5 Å². The molecule has 10 nitrogen and oxygen atoms in total. The van der Waals surface area contributed by atoms with Gasteiger partial charge in [0.25, 0.3) is 0 Å². The largest absolute Gasteiger partial charge is 0.496 e. The van der Waals surface area contributed by atoms with Gasteiger partial charge in [-0.05, 0) is 61.2 Å². The fourth-order valence-electron chi connectivity index (χ4n) is 4.46. The average molecular weight is 546 g/mol. The van der Waals surface area contributed by atoms with Gasteiger partial charge in [0, 0.05) is 23.3 Å². The maximum atomic E-state index is 13.7. The van der Waals surface area contributed by atoms with Crippen LogP contribution in [0.3, 0.4) is 0 Å². The lowest BCUT2D eigenvalue weighted by Gasteiger charge is -2.28. The van der Waals surface area contributed by atoms with E-state index in [1.54, 1.807) is 36.3 Å². The Morgan fingerprint density at radius 2 is 2.11 bits per heavy atom. The van der Waals surface area contributed by atoms with E-state index in [1.807, 2.05) is 13.0 Å². The van der Waals surface area contributed by atoms with Crippen molar-refractivity contribution in [2.75, 3.05) is 39.2 Å². The Bertz CT molecular complexity index is 1160. The van der Waals surface area contributed by atoms with Crippen LogP contribution in [0.1, 0.15) is 54.2 Å². The fraction of sp³-hybridized carbons (Fsp3) is 0.444. The minimum atomic E-state index is -1.07. The van der Waals surface area contributed by atoms with Crippen LogP contribution in [0.4, 0.5) is 5.69 Å². The molecule has 11 heteroatoms. The van der Waals surface area contributed by atoms with E-state index in [0.29, 0.717) is 36.2 Å². The smallest absolute Gasteiger partial charge is 0.337 e. The van der Waals surface area contributed by atoms with Crippen LogP contribution in [0.15, 0.2) is 41.6 Å². The van der Waals surface area contributed by atoms with Crippen LogP contribution in [0, 0.1) is 5.92 Å².